The Morgan fingerprint density at radius 3 is 2.59 bits per heavy atom. The summed E-state index contributed by atoms with van der Waals surface area (Å²) >= 11 is 9.69. The molecule has 3 nitrogen and oxygen atoms in total. The third-order valence-corrected chi connectivity index (χ3v) is 4.46. The number of benzene rings is 2. The predicted molar refractivity (Wildman–Crippen MR) is 92.4 cm³/mol. The Morgan fingerprint density at radius 1 is 1.18 bits per heavy atom. The van der Waals surface area contributed by atoms with Crippen LogP contribution in [0.5, 0.6) is 0 Å². The Morgan fingerprint density at radius 2 is 1.91 bits per heavy atom. The summed E-state index contributed by atoms with van der Waals surface area (Å²) < 4.78 is 0.998. The summed E-state index contributed by atoms with van der Waals surface area (Å²) in [5.41, 5.74) is 3.78. The van der Waals surface area contributed by atoms with Crippen molar-refractivity contribution in [3.05, 3.63) is 57.5 Å². The van der Waals surface area contributed by atoms with Crippen LogP contribution in [0.4, 0.5) is 0 Å². The number of hydrogen-bond donors (Lipinski definition) is 2. The maximum Gasteiger partial charge on any atom is 0.303 e. The Balaban J connectivity index is 2.18. The zero-order valence-corrected chi connectivity index (χ0v) is 13.9. The van der Waals surface area contributed by atoms with Crippen molar-refractivity contribution in [1.29, 1.82) is 0 Å². The number of carboxylic acid groups (broad SMARTS) is 1. The monoisotopic (exact) mass is 377 g/mol. The second kappa shape index (κ2) is 6.15. The molecule has 0 radical (unpaired) electrons. The van der Waals surface area contributed by atoms with Crippen molar-refractivity contribution >= 4 is 44.4 Å². The molecule has 1 heterocycles. The molecule has 0 aliphatic heterocycles. The van der Waals surface area contributed by atoms with E-state index in [0.717, 1.165) is 32.2 Å². The molecule has 0 aliphatic carbocycles. The molecule has 0 fully saturated rings. The van der Waals surface area contributed by atoms with Crippen LogP contribution in [0.2, 0.25) is 5.02 Å². The van der Waals surface area contributed by atoms with Crippen LogP contribution >= 0.6 is 27.5 Å². The first-order valence-electron chi connectivity index (χ1n) is 6.83. The van der Waals surface area contributed by atoms with Gasteiger partial charge in [0.15, 0.2) is 0 Å². The Kier molecular flexibility index (Phi) is 4.23. The smallest absolute Gasteiger partial charge is 0.303 e. The lowest BCUT2D eigenvalue weighted by Crippen LogP contribution is -1.98. The van der Waals surface area contributed by atoms with Gasteiger partial charge in [-0.15, -0.1) is 0 Å². The molecule has 3 aromatic rings. The number of aromatic amines is 1. The van der Waals surface area contributed by atoms with Crippen molar-refractivity contribution in [2.24, 2.45) is 0 Å². The predicted octanol–water partition coefficient (Wildman–Crippen LogP) is 5.27. The Hall–Kier alpha value is -1.78. The molecule has 0 saturated heterocycles. The van der Waals surface area contributed by atoms with Crippen LogP contribution in [0.15, 0.2) is 46.9 Å². The van der Waals surface area contributed by atoms with Crippen molar-refractivity contribution < 1.29 is 9.90 Å². The molecule has 0 bridgehead atoms. The van der Waals surface area contributed by atoms with Crippen molar-refractivity contribution in [3.8, 4) is 11.3 Å². The van der Waals surface area contributed by atoms with Gasteiger partial charge in [0.25, 0.3) is 0 Å². The van der Waals surface area contributed by atoms with Crippen LogP contribution < -0.4 is 0 Å². The van der Waals surface area contributed by atoms with E-state index < -0.39 is 5.97 Å². The zero-order chi connectivity index (χ0) is 15.7. The Labute approximate surface area is 141 Å². The SMILES string of the molecule is O=C(O)CCc1c(-c2ccc(Br)cc2)[nH]c2c(Cl)cccc12. The maximum atomic E-state index is 10.9. The van der Waals surface area contributed by atoms with E-state index in [9.17, 15) is 4.79 Å². The van der Waals surface area contributed by atoms with Gasteiger partial charge in [-0.3, -0.25) is 4.79 Å². The molecule has 2 aromatic carbocycles. The molecular weight excluding hydrogens is 366 g/mol. The van der Waals surface area contributed by atoms with Crippen LogP contribution in [0.25, 0.3) is 22.2 Å². The number of fused-ring (bicyclic) bond motifs is 1. The van der Waals surface area contributed by atoms with Crippen LogP contribution in [-0.4, -0.2) is 16.1 Å². The number of aromatic nitrogens is 1. The van der Waals surface area contributed by atoms with Crippen molar-refractivity contribution in [3.63, 3.8) is 0 Å². The number of hydrogen-bond acceptors (Lipinski definition) is 1. The van der Waals surface area contributed by atoms with Gasteiger partial charge in [-0.25, -0.2) is 0 Å². The molecule has 0 unspecified atom stereocenters. The summed E-state index contributed by atoms with van der Waals surface area (Å²) in [5.74, 6) is -0.807. The molecular formula is C17H13BrClNO2. The van der Waals surface area contributed by atoms with E-state index in [2.05, 4.69) is 20.9 Å². The molecule has 0 amide bonds. The fourth-order valence-corrected chi connectivity index (χ4v) is 3.08. The van der Waals surface area contributed by atoms with E-state index in [4.69, 9.17) is 16.7 Å². The van der Waals surface area contributed by atoms with Gasteiger partial charge in [0.1, 0.15) is 0 Å². The highest BCUT2D eigenvalue weighted by atomic mass is 79.9. The van der Waals surface area contributed by atoms with Gasteiger partial charge in [-0.1, -0.05) is 51.8 Å². The molecule has 0 spiro atoms. The summed E-state index contributed by atoms with van der Waals surface area (Å²) in [6.45, 7) is 0. The number of aryl methyl sites for hydroxylation is 1. The number of carboxylic acids is 1. The standard InChI is InChI=1S/C17H13BrClNO2/c18-11-6-4-10(5-7-11)16-13(8-9-15(21)22)12-2-1-3-14(19)17(12)20-16/h1-7,20H,8-9H2,(H,21,22). The summed E-state index contributed by atoms with van der Waals surface area (Å²) in [7, 11) is 0. The largest absolute Gasteiger partial charge is 0.481 e. The van der Waals surface area contributed by atoms with Gasteiger partial charge in [0, 0.05) is 22.0 Å². The lowest BCUT2D eigenvalue weighted by atomic mass is 10.0. The highest BCUT2D eigenvalue weighted by Gasteiger charge is 2.15. The molecule has 112 valence electrons. The normalized spacial score (nSPS) is 11.0. The lowest BCUT2D eigenvalue weighted by molar-refractivity contribution is -0.136. The molecule has 0 saturated carbocycles. The van der Waals surface area contributed by atoms with Gasteiger partial charge in [-0.05, 0) is 35.7 Å². The van der Waals surface area contributed by atoms with E-state index in [1.165, 1.54) is 0 Å². The number of H-pyrrole nitrogens is 1. The number of carbonyl (C=O) groups is 1. The van der Waals surface area contributed by atoms with Gasteiger partial charge < -0.3 is 10.1 Å². The second-order valence-electron chi connectivity index (χ2n) is 5.04. The third-order valence-electron chi connectivity index (χ3n) is 3.61. The average molecular weight is 379 g/mol. The minimum atomic E-state index is -0.807. The number of aliphatic carboxylic acids is 1. The molecule has 2 N–H and O–H groups in total. The Bertz CT molecular complexity index is 840. The van der Waals surface area contributed by atoms with E-state index in [1.807, 2.05) is 42.5 Å². The molecule has 1 aromatic heterocycles. The summed E-state index contributed by atoms with van der Waals surface area (Å²) in [6, 6.07) is 13.6. The summed E-state index contributed by atoms with van der Waals surface area (Å²) in [6.07, 6.45) is 0.546. The van der Waals surface area contributed by atoms with E-state index >= 15 is 0 Å². The lowest BCUT2D eigenvalue weighted by Gasteiger charge is -2.04. The van der Waals surface area contributed by atoms with Crippen molar-refractivity contribution in [2.75, 3.05) is 0 Å². The molecule has 0 atom stereocenters. The summed E-state index contributed by atoms with van der Waals surface area (Å²) in [5, 5.41) is 10.6. The summed E-state index contributed by atoms with van der Waals surface area (Å²) in [4.78, 5) is 14.3. The first-order valence-corrected chi connectivity index (χ1v) is 8.00. The molecule has 0 aliphatic rings. The number of para-hydroxylation sites is 1. The van der Waals surface area contributed by atoms with Gasteiger partial charge in [-0.2, -0.15) is 0 Å². The van der Waals surface area contributed by atoms with Crippen LogP contribution in [0.3, 0.4) is 0 Å². The minimum Gasteiger partial charge on any atom is -0.481 e. The average Bonchev–Trinajstić information content (AvgIpc) is 2.86. The quantitative estimate of drug-likeness (QED) is 0.650. The zero-order valence-electron chi connectivity index (χ0n) is 11.6. The van der Waals surface area contributed by atoms with E-state index in [1.54, 1.807) is 0 Å². The highest BCUT2D eigenvalue weighted by Crippen LogP contribution is 2.34. The number of rotatable bonds is 4. The molecule has 5 heteroatoms. The van der Waals surface area contributed by atoms with Crippen LogP contribution in [0, 0.1) is 0 Å². The van der Waals surface area contributed by atoms with E-state index in [-0.39, 0.29) is 6.42 Å². The van der Waals surface area contributed by atoms with E-state index in [0.29, 0.717) is 11.4 Å². The number of nitrogens with one attached hydrogen (secondary N) is 1. The van der Waals surface area contributed by atoms with Crippen molar-refractivity contribution in [2.45, 2.75) is 12.8 Å². The fraction of sp³-hybridized carbons (Fsp3) is 0.118. The second-order valence-corrected chi connectivity index (χ2v) is 6.36. The van der Waals surface area contributed by atoms with Crippen LogP contribution in [-0.2, 0) is 11.2 Å². The number of halogens is 2. The third kappa shape index (κ3) is 2.89. The topological polar surface area (TPSA) is 53.1 Å². The first kappa shape index (κ1) is 15.1. The molecule has 22 heavy (non-hydrogen) atoms. The fourth-order valence-electron chi connectivity index (χ4n) is 2.59. The van der Waals surface area contributed by atoms with Gasteiger partial charge in [0.05, 0.1) is 10.5 Å². The molecule has 3 rings (SSSR count). The highest BCUT2D eigenvalue weighted by molar-refractivity contribution is 9.10. The minimum absolute atomic E-state index is 0.0863. The van der Waals surface area contributed by atoms with Crippen molar-refractivity contribution in [1.82, 2.24) is 4.98 Å². The first-order chi connectivity index (χ1) is 10.6. The van der Waals surface area contributed by atoms with Gasteiger partial charge in [0.2, 0.25) is 0 Å². The van der Waals surface area contributed by atoms with Crippen LogP contribution in [0.1, 0.15) is 12.0 Å². The van der Waals surface area contributed by atoms with Gasteiger partial charge >= 0.3 is 5.97 Å². The maximum absolute atomic E-state index is 10.9.